The summed E-state index contributed by atoms with van der Waals surface area (Å²) in [6, 6.07) is 0. The first-order valence-electron chi connectivity index (χ1n) is 4.17. The van der Waals surface area contributed by atoms with E-state index < -0.39 is 0 Å². The molecule has 1 rings (SSSR count). The first kappa shape index (κ1) is 9.19. The molecular formula is C9H15CrN. The summed E-state index contributed by atoms with van der Waals surface area (Å²) in [5.74, 6) is 0.494. The average Bonchev–Trinajstić information content (AvgIpc) is 2.53. The molecule has 1 fully saturated rings. The zero-order chi connectivity index (χ0) is 8.27. The van der Waals surface area contributed by atoms with Gasteiger partial charge in [0.1, 0.15) is 0 Å². The Morgan fingerprint density at radius 3 is 2.55 bits per heavy atom. The summed E-state index contributed by atoms with van der Waals surface area (Å²) < 4.78 is 1.36. The van der Waals surface area contributed by atoms with Crippen molar-refractivity contribution in [1.82, 2.24) is 4.90 Å². The molecule has 0 aromatic heterocycles. The summed E-state index contributed by atoms with van der Waals surface area (Å²) in [5.41, 5.74) is 0. The number of likely N-dealkylation sites (tertiary alicyclic amines) is 1. The maximum atomic E-state index is 3.79. The van der Waals surface area contributed by atoms with Crippen LogP contribution >= 0.6 is 0 Å². The van der Waals surface area contributed by atoms with Crippen molar-refractivity contribution in [3.8, 4) is 0 Å². The second-order valence-corrected chi connectivity index (χ2v) is 3.71. The molecule has 0 aromatic rings. The van der Waals surface area contributed by atoms with Crippen LogP contribution in [-0.2, 0) is 15.9 Å². The Labute approximate surface area is 77.0 Å². The third kappa shape index (κ3) is 2.27. The van der Waals surface area contributed by atoms with Gasteiger partial charge in [-0.2, -0.15) is 0 Å². The van der Waals surface area contributed by atoms with Crippen LogP contribution in [-0.4, -0.2) is 22.5 Å². The molecule has 0 bridgehead atoms. The molecule has 0 amide bonds. The first-order valence-corrected chi connectivity index (χ1v) is 4.81. The van der Waals surface area contributed by atoms with Crippen LogP contribution in [0.2, 0.25) is 0 Å². The summed E-state index contributed by atoms with van der Waals surface area (Å²) >= 11 is 3.14. The molecule has 1 aliphatic rings. The molecule has 0 aromatic carbocycles. The first-order chi connectivity index (χ1) is 5.25. The summed E-state index contributed by atoms with van der Waals surface area (Å²) in [6.45, 7) is 8.41. The quantitative estimate of drug-likeness (QED) is 0.609. The van der Waals surface area contributed by atoms with Crippen LogP contribution < -0.4 is 0 Å². The topological polar surface area (TPSA) is 3.24 Å². The van der Waals surface area contributed by atoms with Crippen molar-refractivity contribution in [3.05, 3.63) is 12.7 Å². The zero-order valence-corrected chi connectivity index (χ0v) is 8.32. The van der Waals surface area contributed by atoms with Crippen molar-refractivity contribution >= 4 is 4.50 Å². The van der Waals surface area contributed by atoms with Crippen LogP contribution in [0.1, 0.15) is 19.8 Å². The molecule has 1 aliphatic heterocycles. The second kappa shape index (κ2) is 4.21. The van der Waals surface area contributed by atoms with E-state index in [1.54, 1.807) is 0 Å². The Kier molecular flexibility index (Phi) is 3.52. The molecule has 11 heavy (non-hydrogen) atoms. The molecule has 1 heterocycles. The van der Waals surface area contributed by atoms with Gasteiger partial charge in [-0.15, -0.1) is 0 Å². The Hall–Kier alpha value is 0.102. The SMILES string of the molecule is C=CC(C)[C](=[Cr])N1CCCC1. The van der Waals surface area contributed by atoms with Gasteiger partial charge in [-0.05, 0) is 0 Å². The van der Waals surface area contributed by atoms with E-state index >= 15 is 0 Å². The van der Waals surface area contributed by atoms with Crippen molar-refractivity contribution in [2.75, 3.05) is 13.1 Å². The molecule has 2 heteroatoms. The van der Waals surface area contributed by atoms with Gasteiger partial charge in [0, 0.05) is 0 Å². The van der Waals surface area contributed by atoms with Crippen molar-refractivity contribution in [1.29, 1.82) is 0 Å². The molecule has 0 saturated carbocycles. The number of hydrogen-bond acceptors (Lipinski definition) is 1. The predicted octanol–water partition coefficient (Wildman–Crippen LogP) is 1.58. The molecule has 0 N–H and O–H groups in total. The van der Waals surface area contributed by atoms with Gasteiger partial charge >= 0.3 is 76.7 Å². The van der Waals surface area contributed by atoms with Gasteiger partial charge in [-0.25, -0.2) is 0 Å². The van der Waals surface area contributed by atoms with Crippen LogP contribution in [0, 0.1) is 5.92 Å². The number of nitrogens with zero attached hydrogens (tertiary/aromatic N) is 1. The molecule has 1 unspecified atom stereocenters. The Balaban J connectivity index is 2.45. The van der Waals surface area contributed by atoms with E-state index in [2.05, 4.69) is 34.3 Å². The molecular weight excluding hydrogens is 174 g/mol. The average molecular weight is 189 g/mol. The van der Waals surface area contributed by atoms with Gasteiger partial charge < -0.3 is 0 Å². The number of rotatable bonds is 3. The Morgan fingerprint density at radius 1 is 1.55 bits per heavy atom. The van der Waals surface area contributed by atoms with Gasteiger partial charge in [-0.3, -0.25) is 0 Å². The zero-order valence-electron chi connectivity index (χ0n) is 7.05. The summed E-state index contributed by atoms with van der Waals surface area (Å²) in [6.07, 6.45) is 4.67. The van der Waals surface area contributed by atoms with Gasteiger partial charge in [0.05, 0.1) is 0 Å². The summed E-state index contributed by atoms with van der Waals surface area (Å²) in [5, 5.41) is 0. The fraction of sp³-hybridized carbons (Fsp3) is 0.667. The fourth-order valence-electron chi connectivity index (χ4n) is 1.33. The monoisotopic (exact) mass is 189 g/mol. The maximum absolute atomic E-state index is 3.79. The predicted molar refractivity (Wildman–Crippen MR) is 45.2 cm³/mol. The second-order valence-electron chi connectivity index (χ2n) is 3.06. The van der Waals surface area contributed by atoms with Gasteiger partial charge in [-0.1, -0.05) is 0 Å². The van der Waals surface area contributed by atoms with Crippen molar-refractivity contribution in [2.45, 2.75) is 19.8 Å². The van der Waals surface area contributed by atoms with Crippen LogP contribution in [0.5, 0.6) is 0 Å². The van der Waals surface area contributed by atoms with E-state index in [0.29, 0.717) is 5.92 Å². The Morgan fingerprint density at radius 2 is 2.09 bits per heavy atom. The van der Waals surface area contributed by atoms with Crippen LogP contribution in [0.3, 0.4) is 0 Å². The van der Waals surface area contributed by atoms with E-state index in [1.165, 1.54) is 30.4 Å². The minimum atomic E-state index is 0.494. The summed E-state index contributed by atoms with van der Waals surface area (Å²) in [7, 11) is 0. The molecule has 0 spiro atoms. The fourth-order valence-corrected chi connectivity index (χ4v) is 1.76. The van der Waals surface area contributed by atoms with Crippen molar-refractivity contribution in [3.63, 3.8) is 0 Å². The van der Waals surface area contributed by atoms with Crippen LogP contribution in [0.4, 0.5) is 0 Å². The Bertz CT molecular complexity index is 159. The molecule has 1 nitrogen and oxygen atoms in total. The summed E-state index contributed by atoms with van der Waals surface area (Å²) in [4.78, 5) is 2.42. The normalized spacial score (nSPS) is 21.5. The van der Waals surface area contributed by atoms with Crippen molar-refractivity contribution < 1.29 is 15.9 Å². The van der Waals surface area contributed by atoms with Gasteiger partial charge in [0.15, 0.2) is 0 Å². The van der Waals surface area contributed by atoms with E-state index in [0.717, 1.165) is 0 Å². The molecule has 0 radical (unpaired) electrons. The van der Waals surface area contributed by atoms with Gasteiger partial charge in [0.25, 0.3) is 0 Å². The minimum absolute atomic E-state index is 0.494. The number of hydrogen-bond donors (Lipinski definition) is 0. The van der Waals surface area contributed by atoms with Crippen LogP contribution in [0.25, 0.3) is 0 Å². The molecule has 62 valence electrons. The van der Waals surface area contributed by atoms with E-state index in [9.17, 15) is 0 Å². The third-order valence-corrected chi connectivity index (χ3v) is 3.14. The molecule has 1 atom stereocenters. The van der Waals surface area contributed by atoms with E-state index in [-0.39, 0.29) is 0 Å². The molecule has 0 aliphatic carbocycles. The van der Waals surface area contributed by atoms with Crippen LogP contribution in [0.15, 0.2) is 12.7 Å². The van der Waals surface area contributed by atoms with E-state index in [1.807, 2.05) is 6.08 Å². The van der Waals surface area contributed by atoms with E-state index in [4.69, 9.17) is 0 Å². The standard InChI is InChI=1S/C9H15N.Cr/c1-3-9(2)8-10-6-4-5-7-10;/h3,9H,1,4-7H2,2H3;. The molecule has 1 saturated heterocycles. The van der Waals surface area contributed by atoms with Crippen molar-refractivity contribution in [2.24, 2.45) is 5.92 Å². The third-order valence-electron chi connectivity index (χ3n) is 2.16. The van der Waals surface area contributed by atoms with Gasteiger partial charge in [0.2, 0.25) is 0 Å².